The van der Waals surface area contributed by atoms with E-state index in [9.17, 15) is 35.9 Å². The Morgan fingerprint density at radius 1 is 0.921 bits per heavy atom. The Bertz CT molecular complexity index is 1470. The Balaban J connectivity index is 1.53. The summed E-state index contributed by atoms with van der Waals surface area (Å²) in [5.74, 6) is -7.75. The lowest BCUT2D eigenvalue weighted by Gasteiger charge is -2.12. The number of carbonyl (C=O) groups is 2. The van der Waals surface area contributed by atoms with Crippen LogP contribution in [-0.4, -0.2) is 16.1 Å². The van der Waals surface area contributed by atoms with Crippen LogP contribution in [0.5, 0.6) is 0 Å². The van der Waals surface area contributed by atoms with Crippen LogP contribution in [0.3, 0.4) is 0 Å². The highest BCUT2D eigenvalue weighted by Gasteiger charge is 2.67. The molecule has 0 heterocycles. The van der Waals surface area contributed by atoms with E-state index in [1.165, 1.54) is 12.1 Å². The van der Waals surface area contributed by atoms with Gasteiger partial charge < -0.3 is 16.4 Å². The summed E-state index contributed by atoms with van der Waals surface area (Å²) in [5.41, 5.74) is 2.24. The van der Waals surface area contributed by atoms with Crippen molar-refractivity contribution in [1.82, 2.24) is 0 Å². The second-order valence-corrected chi connectivity index (χ2v) is 10.2. The molecule has 1 aliphatic carbocycles. The minimum atomic E-state index is -4.98. The lowest BCUT2D eigenvalue weighted by molar-refractivity contribution is -0.140. The van der Waals surface area contributed by atoms with E-state index in [1.54, 1.807) is 0 Å². The highest BCUT2D eigenvalue weighted by atomic mass is 35.5. The highest BCUT2D eigenvalue weighted by Crippen LogP contribution is 2.65. The molecule has 1 fully saturated rings. The first kappa shape index (κ1) is 27.9. The molecule has 38 heavy (non-hydrogen) atoms. The molecule has 3 aromatic rings. The van der Waals surface area contributed by atoms with E-state index in [0.717, 1.165) is 24.3 Å². The van der Waals surface area contributed by atoms with Crippen LogP contribution >= 0.6 is 34.8 Å². The molecule has 0 aromatic heterocycles. The number of alkyl halides is 5. The van der Waals surface area contributed by atoms with Crippen molar-refractivity contribution in [2.75, 3.05) is 16.4 Å². The lowest BCUT2D eigenvalue weighted by atomic mass is 10.0. The fourth-order valence-corrected chi connectivity index (χ4v) is 4.91. The van der Waals surface area contributed by atoms with Gasteiger partial charge in [0.1, 0.15) is 21.7 Å². The average Bonchev–Trinajstić information content (AvgIpc) is 3.42. The second-order valence-electron chi connectivity index (χ2n) is 8.33. The van der Waals surface area contributed by atoms with Crippen molar-refractivity contribution in [3.63, 3.8) is 0 Å². The number of rotatable bonds is 5. The summed E-state index contributed by atoms with van der Waals surface area (Å²) >= 11 is 18.4. The number of nitrogens with one attached hydrogen (secondary N) is 2. The van der Waals surface area contributed by atoms with Crippen molar-refractivity contribution in [2.24, 2.45) is 5.92 Å². The predicted octanol–water partition coefficient (Wildman–Crippen LogP) is 7.14. The number of nitrogens with two attached hydrogens (primary N) is 1. The Hall–Kier alpha value is -3.15. The molecule has 3 aromatic carbocycles. The van der Waals surface area contributed by atoms with Crippen LogP contribution in [0.25, 0.3) is 0 Å². The SMILES string of the molecule is Nc1c(F)ccc(NC(=O)c2cc(NC(=O)[C@H]3C(c4ccc(F)c(C(F)(F)F)c4)C3(Cl)Cl)ccc2Cl)c1F. The molecule has 0 aliphatic heterocycles. The molecule has 1 aliphatic rings. The van der Waals surface area contributed by atoms with Crippen LogP contribution in [-0.2, 0) is 11.0 Å². The summed E-state index contributed by atoms with van der Waals surface area (Å²) in [7, 11) is 0. The van der Waals surface area contributed by atoms with Crippen LogP contribution < -0.4 is 16.4 Å². The van der Waals surface area contributed by atoms with Gasteiger partial charge in [-0.2, -0.15) is 13.2 Å². The minimum Gasteiger partial charge on any atom is -0.394 e. The van der Waals surface area contributed by atoms with Gasteiger partial charge in [0.2, 0.25) is 5.91 Å². The Labute approximate surface area is 225 Å². The zero-order valence-corrected chi connectivity index (χ0v) is 20.8. The molecule has 4 N–H and O–H groups in total. The zero-order valence-electron chi connectivity index (χ0n) is 18.6. The van der Waals surface area contributed by atoms with Crippen LogP contribution in [0.2, 0.25) is 5.02 Å². The van der Waals surface area contributed by atoms with E-state index >= 15 is 0 Å². The molecule has 1 unspecified atom stereocenters. The Morgan fingerprint density at radius 3 is 2.24 bits per heavy atom. The number of halogens is 9. The first-order valence-corrected chi connectivity index (χ1v) is 11.7. The van der Waals surface area contributed by atoms with Crippen LogP contribution in [0.15, 0.2) is 48.5 Å². The summed E-state index contributed by atoms with van der Waals surface area (Å²) in [5, 5.41) is 4.55. The van der Waals surface area contributed by atoms with E-state index in [2.05, 4.69) is 10.6 Å². The van der Waals surface area contributed by atoms with Gasteiger partial charge in [-0.3, -0.25) is 9.59 Å². The molecule has 4 rings (SSSR count). The molecule has 2 atom stereocenters. The smallest absolute Gasteiger partial charge is 0.394 e. The standard InChI is InChI=1S/C24H14Cl3F6N3O2/c25-13-3-2-10(8-11(13)21(37)36-16-6-5-15(29)20(34)19(16)30)35-22(38)18-17(23(18,26)27)9-1-4-14(28)12(7-9)24(31,32)33/h1-8,17-18H,34H2,(H,35,38)(H,36,37)/t17?,18-/m1/s1. The van der Waals surface area contributed by atoms with Crippen molar-refractivity contribution in [1.29, 1.82) is 0 Å². The summed E-state index contributed by atoms with van der Waals surface area (Å²) in [6.07, 6.45) is -4.98. The quantitative estimate of drug-likeness (QED) is 0.166. The molecule has 2 amide bonds. The van der Waals surface area contributed by atoms with Gasteiger partial charge in [0, 0.05) is 11.6 Å². The van der Waals surface area contributed by atoms with Crippen molar-refractivity contribution < 1.29 is 35.9 Å². The first-order chi connectivity index (χ1) is 17.6. The maximum Gasteiger partial charge on any atom is 0.419 e. The number of hydrogen-bond acceptors (Lipinski definition) is 3. The van der Waals surface area contributed by atoms with Crippen LogP contribution in [0.1, 0.15) is 27.4 Å². The molecule has 0 spiro atoms. The molecule has 200 valence electrons. The van der Waals surface area contributed by atoms with E-state index in [1.807, 2.05) is 0 Å². The zero-order chi connectivity index (χ0) is 28.2. The molecule has 0 radical (unpaired) electrons. The van der Waals surface area contributed by atoms with E-state index < -0.39 is 68.5 Å². The van der Waals surface area contributed by atoms with E-state index in [0.29, 0.717) is 12.1 Å². The van der Waals surface area contributed by atoms with Crippen LogP contribution in [0.4, 0.5) is 43.4 Å². The first-order valence-electron chi connectivity index (χ1n) is 10.5. The molecule has 1 saturated carbocycles. The minimum absolute atomic E-state index is 0.0218. The summed E-state index contributed by atoms with van der Waals surface area (Å²) in [6, 6.07) is 7.70. The lowest BCUT2D eigenvalue weighted by Crippen LogP contribution is -2.18. The van der Waals surface area contributed by atoms with Gasteiger partial charge in [0.25, 0.3) is 5.91 Å². The third-order valence-corrected chi connectivity index (χ3v) is 7.11. The fraction of sp³-hybridized carbons (Fsp3) is 0.167. The fourth-order valence-electron chi connectivity index (χ4n) is 3.87. The molecule has 14 heteroatoms. The van der Waals surface area contributed by atoms with E-state index in [-0.39, 0.29) is 21.8 Å². The van der Waals surface area contributed by atoms with Gasteiger partial charge in [-0.1, -0.05) is 17.7 Å². The highest BCUT2D eigenvalue weighted by molar-refractivity contribution is 6.53. The van der Waals surface area contributed by atoms with Gasteiger partial charge >= 0.3 is 6.18 Å². The Kier molecular flexibility index (Phi) is 7.24. The van der Waals surface area contributed by atoms with Crippen molar-refractivity contribution >= 4 is 63.7 Å². The topological polar surface area (TPSA) is 84.2 Å². The molecular formula is C24H14Cl3F6N3O2. The number of carbonyl (C=O) groups excluding carboxylic acids is 2. The third kappa shape index (κ3) is 5.23. The van der Waals surface area contributed by atoms with Gasteiger partial charge in [-0.15, -0.1) is 23.2 Å². The number of anilines is 3. The van der Waals surface area contributed by atoms with E-state index in [4.69, 9.17) is 40.5 Å². The van der Waals surface area contributed by atoms with Crippen molar-refractivity contribution in [3.8, 4) is 0 Å². The maximum atomic E-state index is 14.2. The Morgan fingerprint density at radius 2 is 1.58 bits per heavy atom. The van der Waals surface area contributed by atoms with Gasteiger partial charge in [0.05, 0.1) is 27.8 Å². The number of benzene rings is 3. The molecule has 0 saturated heterocycles. The molecular weight excluding hydrogens is 583 g/mol. The van der Waals surface area contributed by atoms with Gasteiger partial charge in [-0.25, -0.2) is 13.2 Å². The number of nitrogen functional groups attached to an aromatic ring is 1. The molecule has 0 bridgehead atoms. The molecule has 5 nitrogen and oxygen atoms in total. The third-order valence-electron chi connectivity index (χ3n) is 5.84. The summed E-state index contributed by atoms with van der Waals surface area (Å²) < 4.78 is 78.8. The van der Waals surface area contributed by atoms with Gasteiger partial charge in [0.15, 0.2) is 5.82 Å². The van der Waals surface area contributed by atoms with Crippen molar-refractivity contribution in [3.05, 3.63) is 87.7 Å². The maximum absolute atomic E-state index is 14.2. The summed E-state index contributed by atoms with van der Waals surface area (Å²) in [6.45, 7) is 0. The second kappa shape index (κ2) is 9.87. The summed E-state index contributed by atoms with van der Waals surface area (Å²) in [4.78, 5) is 25.6. The normalized spacial score (nSPS) is 18.1. The van der Waals surface area contributed by atoms with Gasteiger partial charge in [-0.05, 0) is 48.0 Å². The number of hydrogen-bond donors (Lipinski definition) is 3. The van der Waals surface area contributed by atoms with Crippen LogP contribution in [0, 0.1) is 23.4 Å². The largest absolute Gasteiger partial charge is 0.419 e. The number of amides is 2. The predicted molar refractivity (Wildman–Crippen MR) is 131 cm³/mol. The average molecular weight is 597 g/mol. The monoisotopic (exact) mass is 595 g/mol. The van der Waals surface area contributed by atoms with Crippen molar-refractivity contribution in [2.45, 2.75) is 16.4 Å².